The Balaban J connectivity index is 0.959. The van der Waals surface area contributed by atoms with Crippen LogP contribution in [0.5, 0.6) is 0 Å². The van der Waals surface area contributed by atoms with E-state index in [0.29, 0.717) is 43.5 Å². The molecule has 47 heavy (non-hydrogen) atoms. The van der Waals surface area contributed by atoms with Crippen LogP contribution in [-0.2, 0) is 25.6 Å². The first kappa shape index (κ1) is 28.6. The summed E-state index contributed by atoms with van der Waals surface area (Å²) in [5.41, 5.74) is 0.359. The van der Waals surface area contributed by atoms with Crippen molar-refractivity contribution in [3.8, 4) is 0 Å². The van der Waals surface area contributed by atoms with E-state index < -0.39 is 21.7 Å². The van der Waals surface area contributed by atoms with Gasteiger partial charge in [-0.25, -0.2) is 9.80 Å². The minimum atomic E-state index is -0.819. The Bertz CT molecular complexity index is 1800. The fourth-order valence-corrected chi connectivity index (χ4v) is 11.4. The molecule has 2 saturated carbocycles. The van der Waals surface area contributed by atoms with Crippen molar-refractivity contribution in [3.63, 3.8) is 0 Å². The van der Waals surface area contributed by atoms with Crippen LogP contribution in [-0.4, -0.2) is 23.6 Å². The highest BCUT2D eigenvalue weighted by Crippen LogP contribution is 2.73. The average molecular weight is 623 g/mol. The summed E-state index contributed by atoms with van der Waals surface area (Å²) in [7, 11) is 0. The summed E-state index contributed by atoms with van der Waals surface area (Å²) >= 11 is 0. The van der Waals surface area contributed by atoms with E-state index in [0.717, 1.165) is 24.0 Å². The molecule has 6 nitrogen and oxygen atoms in total. The second-order valence-electron chi connectivity index (χ2n) is 14.8. The number of hydrogen-bond acceptors (Lipinski definition) is 4. The van der Waals surface area contributed by atoms with E-state index in [1.54, 1.807) is 0 Å². The van der Waals surface area contributed by atoms with Crippen LogP contribution in [0.15, 0.2) is 110 Å². The van der Waals surface area contributed by atoms with Crippen LogP contribution in [0.3, 0.4) is 0 Å². The topological polar surface area (TPSA) is 74.8 Å². The van der Waals surface area contributed by atoms with Crippen molar-refractivity contribution in [2.75, 3.05) is 9.80 Å². The molecule has 4 fully saturated rings. The molecule has 0 N–H and O–H groups in total. The predicted octanol–water partition coefficient (Wildman–Crippen LogP) is 6.88. The average Bonchev–Trinajstić information content (AvgIpc) is 3.88. The standard InChI is InChI=1S/C41H38N2O4/c1-3-28-24-29(4-2)39-20-6-5-19-38(28,39)34(44)42(35(39)45)32-15-11-26(12-16-32)23-27-13-17-33(18-14-27)43-36(46)40-21-7-9-30(40)25-31-10-8-22-41(31,40)37(43)47/h3-18,28-31H,1-2,19-25H2/t28-,29+,30-,31+,38-,39+,40?,41?. The van der Waals surface area contributed by atoms with Crippen LogP contribution in [0.4, 0.5) is 11.4 Å². The lowest BCUT2D eigenvalue weighted by Gasteiger charge is -2.41. The van der Waals surface area contributed by atoms with Crippen molar-refractivity contribution in [2.24, 2.45) is 45.3 Å². The third-order valence-electron chi connectivity index (χ3n) is 13.5. The Labute approximate surface area is 275 Å². The molecule has 2 unspecified atom stereocenters. The monoisotopic (exact) mass is 622 g/mol. The molecule has 0 bridgehead atoms. The van der Waals surface area contributed by atoms with Gasteiger partial charge in [-0.1, -0.05) is 72.9 Å². The van der Waals surface area contributed by atoms with E-state index in [2.05, 4.69) is 49.6 Å². The molecule has 4 amide bonds. The maximum Gasteiger partial charge on any atom is 0.242 e. The van der Waals surface area contributed by atoms with E-state index in [9.17, 15) is 19.2 Å². The van der Waals surface area contributed by atoms with Crippen molar-refractivity contribution in [1.82, 2.24) is 0 Å². The van der Waals surface area contributed by atoms with Gasteiger partial charge in [0.2, 0.25) is 23.6 Å². The first-order valence-corrected chi connectivity index (χ1v) is 17.0. The zero-order valence-electron chi connectivity index (χ0n) is 26.4. The summed E-state index contributed by atoms with van der Waals surface area (Å²) in [6.07, 6.45) is 20.9. The van der Waals surface area contributed by atoms with Crippen molar-refractivity contribution in [1.29, 1.82) is 0 Å². The number of carbonyl (C=O) groups excluding carboxylic acids is 4. The minimum Gasteiger partial charge on any atom is -0.273 e. The Morgan fingerprint density at radius 3 is 1.34 bits per heavy atom. The number of hydrogen-bond donors (Lipinski definition) is 0. The molecule has 2 aliphatic heterocycles. The van der Waals surface area contributed by atoms with Crippen LogP contribution in [0.2, 0.25) is 0 Å². The van der Waals surface area contributed by atoms with E-state index >= 15 is 0 Å². The summed E-state index contributed by atoms with van der Waals surface area (Å²) in [6, 6.07) is 15.4. The van der Waals surface area contributed by atoms with Gasteiger partial charge in [0, 0.05) is 0 Å². The molecular weight excluding hydrogens is 584 g/mol. The second-order valence-corrected chi connectivity index (χ2v) is 14.8. The molecular formula is C41H38N2O4. The third kappa shape index (κ3) is 3.09. The van der Waals surface area contributed by atoms with Crippen LogP contribution in [0.1, 0.15) is 49.7 Å². The number of anilines is 2. The quantitative estimate of drug-likeness (QED) is 0.260. The Morgan fingerprint density at radius 1 is 0.553 bits per heavy atom. The third-order valence-corrected chi connectivity index (χ3v) is 13.5. The van der Waals surface area contributed by atoms with Gasteiger partial charge in [-0.05, 0) is 104 Å². The molecule has 9 rings (SSSR count). The normalized spacial score (nSPS) is 39.0. The van der Waals surface area contributed by atoms with Crippen LogP contribution < -0.4 is 9.80 Å². The number of carbonyl (C=O) groups is 4. The van der Waals surface area contributed by atoms with E-state index in [-0.39, 0.29) is 47.3 Å². The van der Waals surface area contributed by atoms with Crippen LogP contribution >= 0.6 is 0 Å². The number of imide groups is 2. The van der Waals surface area contributed by atoms with Crippen molar-refractivity contribution >= 4 is 35.0 Å². The van der Waals surface area contributed by atoms with Crippen molar-refractivity contribution < 1.29 is 19.2 Å². The molecule has 2 saturated heterocycles. The smallest absolute Gasteiger partial charge is 0.242 e. The summed E-state index contributed by atoms with van der Waals surface area (Å²) < 4.78 is 0. The molecule has 2 aromatic carbocycles. The maximum atomic E-state index is 14.3. The lowest BCUT2D eigenvalue weighted by molar-refractivity contribution is -0.135. The van der Waals surface area contributed by atoms with Gasteiger partial charge in [-0.15, -0.1) is 13.2 Å². The number of benzene rings is 2. The van der Waals surface area contributed by atoms with E-state index in [1.807, 2.05) is 60.7 Å². The number of amides is 4. The first-order chi connectivity index (χ1) is 22.8. The lowest BCUT2D eigenvalue weighted by Crippen LogP contribution is -2.47. The van der Waals surface area contributed by atoms with Crippen LogP contribution in [0, 0.1) is 45.3 Å². The van der Waals surface area contributed by atoms with E-state index in [1.165, 1.54) is 9.80 Å². The second kappa shape index (κ2) is 9.50. The lowest BCUT2D eigenvalue weighted by atomic mass is 9.56. The minimum absolute atomic E-state index is 0.0456. The first-order valence-electron chi connectivity index (χ1n) is 17.0. The van der Waals surface area contributed by atoms with Gasteiger partial charge in [-0.2, -0.15) is 0 Å². The summed E-state index contributed by atoms with van der Waals surface area (Å²) in [5, 5.41) is 0. The van der Waals surface area contributed by atoms with Gasteiger partial charge in [-0.3, -0.25) is 19.2 Å². The van der Waals surface area contributed by atoms with Crippen molar-refractivity contribution in [2.45, 2.75) is 44.9 Å². The van der Waals surface area contributed by atoms with Crippen molar-refractivity contribution in [3.05, 3.63) is 121 Å². The fourth-order valence-electron chi connectivity index (χ4n) is 11.4. The molecule has 6 heteroatoms. The zero-order valence-corrected chi connectivity index (χ0v) is 26.4. The molecule has 2 heterocycles. The van der Waals surface area contributed by atoms with E-state index in [4.69, 9.17) is 0 Å². The summed E-state index contributed by atoms with van der Waals surface area (Å²) in [6.45, 7) is 8.11. The predicted molar refractivity (Wildman–Crippen MR) is 180 cm³/mol. The Morgan fingerprint density at radius 2 is 0.936 bits per heavy atom. The van der Waals surface area contributed by atoms with Crippen LogP contribution in [0.25, 0.3) is 0 Å². The largest absolute Gasteiger partial charge is 0.273 e. The SMILES string of the molecule is C=C[C@@H]1C[C@H](C=C)[C@]23CC=CC[C@]12C(=O)N(c1ccc(Cc2ccc(N4C(=O)C56CC=C[C@@H]5C[C@@H]5C=CCC56C4=O)cc2)cc1)C3=O. The fraction of sp³-hybridized carbons (Fsp3) is 0.366. The highest BCUT2D eigenvalue weighted by atomic mass is 16.2. The molecule has 0 aromatic heterocycles. The van der Waals surface area contributed by atoms with Gasteiger partial charge in [0.25, 0.3) is 0 Å². The number of nitrogens with zero attached hydrogens (tertiary/aromatic N) is 2. The summed E-state index contributed by atoms with van der Waals surface area (Å²) in [5.74, 6) is -0.270. The number of allylic oxidation sites excluding steroid dienone is 8. The summed E-state index contributed by atoms with van der Waals surface area (Å²) in [4.78, 5) is 59.6. The number of rotatable bonds is 6. The van der Waals surface area contributed by atoms with Gasteiger partial charge in [0.05, 0.1) is 33.0 Å². The Hall–Kier alpha value is -4.58. The molecule has 8 atom stereocenters. The molecule has 5 aliphatic carbocycles. The highest BCUT2D eigenvalue weighted by molar-refractivity contribution is 6.27. The van der Waals surface area contributed by atoms with Gasteiger partial charge in [0.15, 0.2) is 0 Å². The van der Waals surface area contributed by atoms with Gasteiger partial charge >= 0.3 is 0 Å². The maximum absolute atomic E-state index is 14.3. The molecule has 7 aliphatic rings. The molecule has 2 spiro atoms. The Kier molecular flexibility index (Phi) is 5.78. The van der Waals surface area contributed by atoms with Gasteiger partial charge < -0.3 is 0 Å². The van der Waals surface area contributed by atoms with Gasteiger partial charge in [0.1, 0.15) is 0 Å². The highest BCUT2D eigenvalue weighted by Gasteiger charge is 2.78. The zero-order chi connectivity index (χ0) is 32.3. The molecule has 236 valence electrons. The molecule has 0 radical (unpaired) electrons. The molecule has 2 aromatic rings.